The van der Waals surface area contributed by atoms with Crippen molar-refractivity contribution >= 4 is 27.3 Å². The van der Waals surface area contributed by atoms with Gasteiger partial charge in [0.2, 0.25) is 11.8 Å². The number of amides is 2. The molecule has 12 nitrogen and oxygen atoms in total. The van der Waals surface area contributed by atoms with Crippen LogP contribution in [-0.4, -0.2) is 67.0 Å². The number of fused-ring (bicyclic) bond motifs is 4. The van der Waals surface area contributed by atoms with Gasteiger partial charge in [-0.1, -0.05) is 17.3 Å². The second-order valence-corrected chi connectivity index (χ2v) is 15.6. The molecule has 14 heteroatoms. The van der Waals surface area contributed by atoms with Crippen LogP contribution in [0.1, 0.15) is 85.9 Å². The first-order valence-corrected chi connectivity index (χ1v) is 17.7. The Hall–Kier alpha value is -3.88. The highest BCUT2D eigenvalue weighted by molar-refractivity contribution is 7.91. The molecule has 1 saturated heterocycles. The number of sulfone groups is 1. The third-order valence-corrected chi connectivity index (χ3v) is 11.9. The van der Waals surface area contributed by atoms with Crippen LogP contribution >= 0.6 is 0 Å². The highest BCUT2D eigenvalue weighted by atomic mass is 32.2. The fourth-order valence-electron chi connectivity index (χ4n) is 7.19. The van der Waals surface area contributed by atoms with Gasteiger partial charge in [0.1, 0.15) is 11.6 Å². The lowest BCUT2D eigenvalue weighted by Crippen LogP contribution is -2.58. The second-order valence-electron chi connectivity index (χ2n) is 13.6. The molecule has 4 fully saturated rings. The summed E-state index contributed by atoms with van der Waals surface area (Å²) < 4.78 is 58.9. The number of hydrogen-bond acceptors (Lipinski definition) is 10. The molecular weight excluding hydrogens is 629 g/mol. The second kappa shape index (κ2) is 11.7. The number of nitrogens with two attached hydrogens (primary N) is 1. The van der Waals surface area contributed by atoms with Gasteiger partial charge in [-0.25, -0.2) is 12.8 Å². The number of ether oxygens (including phenoxy) is 2. The number of halogens is 1. The maximum Gasteiger partial charge on any atom is 0.254 e. The van der Waals surface area contributed by atoms with Crippen molar-refractivity contribution in [3.05, 3.63) is 65.1 Å². The summed E-state index contributed by atoms with van der Waals surface area (Å²) >= 11 is 0. The molecule has 3 heterocycles. The Morgan fingerprint density at radius 2 is 1.81 bits per heavy atom. The van der Waals surface area contributed by atoms with Gasteiger partial charge in [0, 0.05) is 11.0 Å². The topological polar surface area (TPSA) is 167 Å². The van der Waals surface area contributed by atoms with Crippen LogP contribution in [-0.2, 0) is 31.3 Å². The molecule has 250 valence electrons. The standard InChI is InChI=1S/C33H38FN5O7S/c1-19(2)45-22-5-3-20(4-6-22)15-39-26-13-23(24(34)14-27(26)47(42,43)18-25(35)30(39)41)29(40)37-33-10-7-32(8-11-33,9-12-33)31-36-28(38-46-31)21-16-44-17-21/h3-6,13-14,19,21,25H,7-12,15-18,35H2,1-2H3,(H,37,40)/t25-,32?,33?/m0/s1. The van der Waals surface area contributed by atoms with E-state index in [-0.39, 0.29) is 40.1 Å². The summed E-state index contributed by atoms with van der Waals surface area (Å²) in [6.07, 6.45) is 4.06. The molecule has 3 saturated carbocycles. The maximum atomic E-state index is 15.7. The molecule has 1 aromatic heterocycles. The van der Waals surface area contributed by atoms with Crippen molar-refractivity contribution in [1.82, 2.24) is 15.5 Å². The Morgan fingerprint density at radius 3 is 2.43 bits per heavy atom. The molecular formula is C33H38FN5O7S. The molecule has 3 aliphatic carbocycles. The van der Waals surface area contributed by atoms with Gasteiger partial charge in [-0.05, 0) is 82.2 Å². The minimum absolute atomic E-state index is 0.0297. The van der Waals surface area contributed by atoms with Crippen LogP contribution in [0.25, 0.3) is 0 Å². The lowest BCUT2D eigenvalue weighted by Gasteiger charge is -2.52. The smallest absolute Gasteiger partial charge is 0.254 e. The minimum atomic E-state index is -4.15. The first-order valence-electron chi connectivity index (χ1n) is 16.0. The average Bonchev–Trinajstić information content (AvgIpc) is 3.48. The SMILES string of the molecule is CC(C)Oc1ccc(CN2C(=O)[C@@H](N)CS(=O)(=O)c3cc(F)c(C(=O)NC45CCC(c6nc(C7COC7)no6)(CC4)CC5)cc32)cc1. The van der Waals surface area contributed by atoms with Crippen LogP contribution in [0.5, 0.6) is 5.75 Å². The number of rotatable bonds is 8. The van der Waals surface area contributed by atoms with Gasteiger partial charge in [-0.3, -0.25) is 9.59 Å². The lowest BCUT2D eigenvalue weighted by molar-refractivity contribution is -0.119. The van der Waals surface area contributed by atoms with Crippen molar-refractivity contribution in [2.45, 2.75) is 92.8 Å². The Labute approximate surface area is 272 Å². The van der Waals surface area contributed by atoms with E-state index in [0.29, 0.717) is 55.5 Å². The van der Waals surface area contributed by atoms with E-state index in [4.69, 9.17) is 24.7 Å². The zero-order chi connectivity index (χ0) is 33.1. The molecule has 2 aliphatic heterocycles. The van der Waals surface area contributed by atoms with E-state index in [9.17, 15) is 18.0 Å². The highest BCUT2D eigenvalue weighted by Gasteiger charge is 2.53. The van der Waals surface area contributed by atoms with Gasteiger partial charge in [0.05, 0.1) is 59.7 Å². The van der Waals surface area contributed by atoms with E-state index in [1.165, 1.54) is 11.0 Å². The summed E-state index contributed by atoms with van der Waals surface area (Å²) in [6, 6.07) is 7.66. The molecule has 2 bridgehead atoms. The molecule has 3 aromatic rings. The van der Waals surface area contributed by atoms with Crippen LogP contribution in [0.2, 0.25) is 0 Å². The number of benzene rings is 2. The summed E-state index contributed by atoms with van der Waals surface area (Å²) in [7, 11) is -4.15. The zero-order valence-electron chi connectivity index (χ0n) is 26.3. The lowest BCUT2D eigenvalue weighted by atomic mass is 9.57. The van der Waals surface area contributed by atoms with Crippen LogP contribution in [0.4, 0.5) is 10.1 Å². The number of hydrogen-bond donors (Lipinski definition) is 2. The fourth-order valence-corrected chi connectivity index (χ4v) is 8.75. The Morgan fingerprint density at radius 1 is 1.13 bits per heavy atom. The number of carbonyl (C=O) groups is 2. The van der Waals surface area contributed by atoms with E-state index in [0.717, 1.165) is 25.3 Å². The normalized spacial score (nSPS) is 26.9. The Bertz CT molecular complexity index is 1800. The van der Waals surface area contributed by atoms with E-state index in [1.54, 1.807) is 24.3 Å². The number of anilines is 1. The first-order chi connectivity index (χ1) is 22.4. The Kier molecular flexibility index (Phi) is 7.87. The van der Waals surface area contributed by atoms with Crippen molar-refractivity contribution in [3.63, 3.8) is 0 Å². The molecule has 1 atom stereocenters. The van der Waals surface area contributed by atoms with Gasteiger partial charge in [0.25, 0.3) is 5.91 Å². The average molecular weight is 668 g/mol. The summed E-state index contributed by atoms with van der Waals surface area (Å²) in [4.78, 5) is 32.8. The monoisotopic (exact) mass is 667 g/mol. The van der Waals surface area contributed by atoms with Crippen molar-refractivity contribution in [2.24, 2.45) is 5.73 Å². The minimum Gasteiger partial charge on any atom is -0.491 e. The Balaban J connectivity index is 1.14. The molecule has 0 spiro atoms. The molecule has 47 heavy (non-hydrogen) atoms. The van der Waals surface area contributed by atoms with Crippen molar-refractivity contribution < 1.29 is 36.4 Å². The molecule has 5 aliphatic rings. The molecule has 0 unspecified atom stereocenters. The van der Waals surface area contributed by atoms with Crippen LogP contribution in [0, 0.1) is 5.82 Å². The summed E-state index contributed by atoms with van der Waals surface area (Å²) in [5, 5.41) is 7.27. The number of nitrogens with zero attached hydrogens (tertiary/aromatic N) is 3. The number of nitrogens with one attached hydrogen (secondary N) is 1. The predicted octanol–water partition coefficient (Wildman–Crippen LogP) is 3.53. The van der Waals surface area contributed by atoms with Gasteiger partial charge in [-0.2, -0.15) is 4.98 Å². The van der Waals surface area contributed by atoms with Crippen molar-refractivity contribution in [3.8, 4) is 5.75 Å². The quantitative estimate of drug-likeness (QED) is 0.363. The van der Waals surface area contributed by atoms with Crippen LogP contribution < -0.4 is 20.7 Å². The molecule has 2 amide bonds. The first kappa shape index (κ1) is 31.7. The van der Waals surface area contributed by atoms with E-state index >= 15 is 4.39 Å². The maximum absolute atomic E-state index is 15.7. The summed E-state index contributed by atoms with van der Waals surface area (Å²) in [5.41, 5.74) is 5.48. The molecule has 8 rings (SSSR count). The van der Waals surface area contributed by atoms with Crippen molar-refractivity contribution in [2.75, 3.05) is 23.9 Å². The third-order valence-electron chi connectivity index (χ3n) is 10.1. The molecule has 0 radical (unpaired) electrons. The molecule has 2 aromatic carbocycles. The van der Waals surface area contributed by atoms with E-state index in [1.807, 2.05) is 13.8 Å². The van der Waals surface area contributed by atoms with Gasteiger partial charge in [-0.15, -0.1) is 0 Å². The summed E-state index contributed by atoms with van der Waals surface area (Å²) in [6.45, 7) is 4.95. The van der Waals surface area contributed by atoms with E-state index < -0.39 is 44.8 Å². The zero-order valence-corrected chi connectivity index (χ0v) is 27.1. The highest BCUT2D eigenvalue weighted by Crippen LogP contribution is 2.53. The largest absolute Gasteiger partial charge is 0.491 e. The molecule has 3 N–H and O–H groups in total. The van der Waals surface area contributed by atoms with Gasteiger partial charge < -0.3 is 29.9 Å². The van der Waals surface area contributed by atoms with E-state index in [2.05, 4.69) is 10.5 Å². The third kappa shape index (κ3) is 5.80. The predicted molar refractivity (Wildman–Crippen MR) is 167 cm³/mol. The van der Waals surface area contributed by atoms with Gasteiger partial charge in [0.15, 0.2) is 15.7 Å². The summed E-state index contributed by atoms with van der Waals surface area (Å²) in [5.74, 6) is -0.883. The van der Waals surface area contributed by atoms with Crippen LogP contribution in [0.3, 0.4) is 0 Å². The van der Waals surface area contributed by atoms with Gasteiger partial charge >= 0.3 is 0 Å². The van der Waals surface area contributed by atoms with Crippen molar-refractivity contribution in [1.29, 1.82) is 0 Å². The fraction of sp³-hybridized carbons (Fsp3) is 0.515. The number of aromatic nitrogens is 2. The number of carbonyl (C=O) groups excluding carboxylic acids is 2. The van der Waals surface area contributed by atoms with Crippen LogP contribution in [0.15, 0.2) is 45.8 Å².